The van der Waals surface area contributed by atoms with E-state index in [1.807, 2.05) is 42.5 Å². The van der Waals surface area contributed by atoms with Gasteiger partial charge in [-0.05, 0) is 67.9 Å². The van der Waals surface area contributed by atoms with E-state index in [0.717, 1.165) is 52.5 Å². The van der Waals surface area contributed by atoms with Crippen molar-refractivity contribution in [2.45, 2.75) is 25.1 Å². The number of nitrogens with one attached hydrogen (secondary N) is 1. The Kier molecular flexibility index (Phi) is 8.83. The highest BCUT2D eigenvalue weighted by atomic mass is 79.9. The van der Waals surface area contributed by atoms with E-state index < -0.39 is 0 Å². The molecule has 2 heterocycles. The van der Waals surface area contributed by atoms with Gasteiger partial charge in [0.15, 0.2) is 0 Å². The molecule has 1 aliphatic heterocycles. The number of benzene rings is 2. The summed E-state index contributed by atoms with van der Waals surface area (Å²) in [6.45, 7) is 2.98. The van der Waals surface area contributed by atoms with Gasteiger partial charge in [0.25, 0.3) is 0 Å². The Morgan fingerprint density at radius 3 is 2.76 bits per heavy atom. The molecule has 0 spiro atoms. The zero-order chi connectivity index (χ0) is 23.0. The second-order valence-corrected chi connectivity index (χ2v) is 10.5. The van der Waals surface area contributed by atoms with Gasteiger partial charge in [-0.1, -0.05) is 44.8 Å². The molecule has 2 aromatic carbocycles. The minimum absolute atomic E-state index is 0.0696. The van der Waals surface area contributed by atoms with Crippen LogP contribution in [0.4, 0.5) is 0 Å². The number of thioether (sulfide) groups is 1. The van der Waals surface area contributed by atoms with E-state index >= 15 is 0 Å². The van der Waals surface area contributed by atoms with Gasteiger partial charge in [-0.2, -0.15) is 16.7 Å². The van der Waals surface area contributed by atoms with E-state index in [2.05, 4.69) is 42.4 Å². The Bertz CT molecular complexity index is 1050. The van der Waals surface area contributed by atoms with Crippen LogP contribution in [0.3, 0.4) is 0 Å². The van der Waals surface area contributed by atoms with Gasteiger partial charge >= 0.3 is 0 Å². The van der Waals surface area contributed by atoms with Crippen molar-refractivity contribution >= 4 is 45.2 Å². The summed E-state index contributed by atoms with van der Waals surface area (Å²) in [7, 11) is 0. The first-order valence-corrected chi connectivity index (χ1v) is 13.3. The van der Waals surface area contributed by atoms with Gasteiger partial charge in [-0.15, -0.1) is 0 Å². The third-order valence-electron chi connectivity index (χ3n) is 5.59. The fourth-order valence-electron chi connectivity index (χ4n) is 3.79. The van der Waals surface area contributed by atoms with Crippen LogP contribution < -0.4 is 5.32 Å². The molecule has 1 fully saturated rings. The van der Waals surface area contributed by atoms with Crippen LogP contribution in [0.15, 0.2) is 57.5 Å². The van der Waals surface area contributed by atoms with Gasteiger partial charge in [0.05, 0.1) is 6.54 Å². The second-order valence-electron chi connectivity index (χ2n) is 8.04. The first kappa shape index (κ1) is 24.3. The Morgan fingerprint density at radius 1 is 1.21 bits per heavy atom. The van der Waals surface area contributed by atoms with E-state index in [1.54, 1.807) is 11.8 Å². The summed E-state index contributed by atoms with van der Waals surface area (Å²) < 4.78 is 6.45. The quantitative estimate of drug-likeness (QED) is 0.360. The molecular weight excluding hydrogens is 524 g/mol. The van der Waals surface area contributed by atoms with Gasteiger partial charge in [0.2, 0.25) is 17.6 Å². The van der Waals surface area contributed by atoms with Gasteiger partial charge in [-0.25, -0.2) is 0 Å². The molecule has 0 atom stereocenters. The number of nitrogens with zero attached hydrogens (tertiary/aromatic N) is 3. The third kappa shape index (κ3) is 7.30. The number of hydrogen-bond acceptors (Lipinski definition) is 6. The molecule has 1 N–H and O–H groups in total. The van der Waals surface area contributed by atoms with Crippen LogP contribution >= 0.6 is 39.3 Å². The molecule has 0 saturated carbocycles. The molecule has 174 valence electrons. The lowest BCUT2D eigenvalue weighted by atomic mass is 9.96. The molecule has 0 bridgehead atoms. The predicted molar refractivity (Wildman–Crippen MR) is 136 cm³/mol. The maximum atomic E-state index is 12.5. The largest absolute Gasteiger partial charge is 0.355 e. The topological polar surface area (TPSA) is 71.3 Å². The van der Waals surface area contributed by atoms with E-state index in [0.29, 0.717) is 24.8 Å². The molecule has 1 saturated heterocycles. The second kappa shape index (κ2) is 12.0. The Hall–Kier alpha value is -1.87. The number of aromatic nitrogens is 2. The van der Waals surface area contributed by atoms with Crippen LogP contribution in [0.1, 0.15) is 24.3 Å². The fraction of sp³-hybridized carbons (Fsp3) is 0.375. The minimum Gasteiger partial charge on any atom is -0.355 e. The summed E-state index contributed by atoms with van der Waals surface area (Å²) in [4.78, 5) is 19.3. The Morgan fingerprint density at radius 2 is 2.00 bits per heavy atom. The lowest BCUT2D eigenvalue weighted by Gasteiger charge is -2.30. The molecule has 9 heteroatoms. The summed E-state index contributed by atoms with van der Waals surface area (Å²) in [5, 5.41) is 7.95. The van der Waals surface area contributed by atoms with Crippen LogP contribution in [-0.4, -0.2) is 46.3 Å². The van der Waals surface area contributed by atoms with Crippen molar-refractivity contribution in [3.05, 3.63) is 69.5 Å². The third-order valence-corrected chi connectivity index (χ3v) is 7.39. The standard InChI is InChI=1S/C24H26BrClN4O2S/c25-20-6-4-18(5-7-20)23-28-22(32-29-23)15-30-11-8-19(9-12-30)24(31)27-10-13-33-16-17-2-1-3-21(26)14-17/h1-7,14,19H,8-13,15-16H2,(H,27,31). The van der Waals surface area contributed by atoms with Crippen LogP contribution in [0, 0.1) is 5.92 Å². The Balaban J connectivity index is 1.14. The number of likely N-dealkylation sites (tertiary alicyclic amines) is 1. The SMILES string of the molecule is O=C(NCCSCc1cccc(Cl)c1)C1CCN(Cc2nc(-c3ccc(Br)cc3)no2)CC1. The van der Waals surface area contributed by atoms with Crippen molar-refractivity contribution in [3.8, 4) is 11.4 Å². The maximum Gasteiger partial charge on any atom is 0.241 e. The average Bonchev–Trinajstić information content (AvgIpc) is 3.28. The van der Waals surface area contributed by atoms with Crippen molar-refractivity contribution in [2.75, 3.05) is 25.4 Å². The summed E-state index contributed by atoms with van der Waals surface area (Å²) >= 11 is 11.2. The molecule has 1 aromatic heterocycles. The fourth-order valence-corrected chi connectivity index (χ4v) is 5.07. The number of halogens is 2. The number of piperidine rings is 1. The molecule has 4 rings (SSSR count). The normalized spacial score (nSPS) is 15.0. The molecule has 3 aromatic rings. The van der Waals surface area contributed by atoms with E-state index in [-0.39, 0.29) is 11.8 Å². The van der Waals surface area contributed by atoms with Crippen LogP contribution in [0.25, 0.3) is 11.4 Å². The van der Waals surface area contributed by atoms with Crippen molar-refractivity contribution < 1.29 is 9.32 Å². The van der Waals surface area contributed by atoms with E-state index in [1.165, 1.54) is 5.56 Å². The lowest BCUT2D eigenvalue weighted by molar-refractivity contribution is -0.126. The molecule has 0 unspecified atom stereocenters. The predicted octanol–water partition coefficient (Wildman–Crippen LogP) is 5.41. The summed E-state index contributed by atoms with van der Waals surface area (Å²) in [6.07, 6.45) is 1.68. The van der Waals surface area contributed by atoms with Crippen molar-refractivity contribution in [3.63, 3.8) is 0 Å². The smallest absolute Gasteiger partial charge is 0.241 e. The van der Waals surface area contributed by atoms with Crippen LogP contribution in [0.5, 0.6) is 0 Å². The summed E-state index contributed by atoms with van der Waals surface area (Å²) in [6, 6.07) is 15.7. The first-order chi connectivity index (χ1) is 16.1. The summed E-state index contributed by atoms with van der Waals surface area (Å²) in [5.74, 6) is 3.21. The monoisotopic (exact) mass is 548 g/mol. The molecular formula is C24H26BrClN4O2S. The van der Waals surface area contributed by atoms with Gasteiger partial charge in [-0.3, -0.25) is 9.69 Å². The van der Waals surface area contributed by atoms with Crippen LogP contribution in [0.2, 0.25) is 5.02 Å². The molecule has 0 aliphatic carbocycles. The highest BCUT2D eigenvalue weighted by Gasteiger charge is 2.25. The highest BCUT2D eigenvalue weighted by Crippen LogP contribution is 2.22. The van der Waals surface area contributed by atoms with Gasteiger partial charge < -0.3 is 9.84 Å². The number of amides is 1. The van der Waals surface area contributed by atoms with E-state index in [4.69, 9.17) is 16.1 Å². The van der Waals surface area contributed by atoms with Crippen molar-refractivity contribution in [1.29, 1.82) is 0 Å². The van der Waals surface area contributed by atoms with E-state index in [9.17, 15) is 4.79 Å². The average molecular weight is 550 g/mol. The van der Waals surface area contributed by atoms with Gasteiger partial charge in [0, 0.05) is 39.0 Å². The highest BCUT2D eigenvalue weighted by molar-refractivity contribution is 9.10. The molecule has 6 nitrogen and oxygen atoms in total. The summed E-state index contributed by atoms with van der Waals surface area (Å²) in [5.41, 5.74) is 2.13. The van der Waals surface area contributed by atoms with Crippen molar-refractivity contribution in [2.24, 2.45) is 5.92 Å². The van der Waals surface area contributed by atoms with Crippen molar-refractivity contribution in [1.82, 2.24) is 20.4 Å². The first-order valence-electron chi connectivity index (χ1n) is 11.0. The molecule has 1 amide bonds. The number of carbonyl (C=O) groups excluding carboxylic acids is 1. The molecule has 1 aliphatic rings. The number of hydrogen-bond donors (Lipinski definition) is 1. The lowest BCUT2D eigenvalue weighted by Crippen LogP contribution is -2.40. The number of rotatable bonds is 9. The zero-order valence-electron chi connectivity index (χ0n) is 18.2. The number of carbonyl (C=O) groups is 1. The molecule has 33 heavy (non-hydrogen) atoms. The Labute approximate surface area is 211 Å². The molecule has 0 radical (unpaired) electrons. The maximum absolute atomic E-state index is 12.5. The zero-order valence-corrected chi connectivity index (χ0v) is 21.3. The minimum atomic E-state index is 0.0696. The van der Waals surface area contributed by atoms with Gasteiger partial charge in [0.1, 0.15) is 0 Å². The van der Waals surface area contributed by atoms with Crippen LogP contribution in [-0.2, 0) is 17.1 Å².